The van der Waals surface area contributed by atoms with Gasteiger partial charge in [0.1, 0.15) is 5.69 Å². The first kappa shape index (κ1) is 16.8. The zero-order chi connectivity index (χ0) is 17.8. The van der Waals surface area contributed by atoms with Crippen LogP contribution < -0.4 is 0 Å². The molecule has 1 N–H and O–H groups in total. The first-order valence-electron chi connectivity index (χ1n) is 9.39. The van der Waals surface area contributed by atoms with Gasteiger partial charge >= 0.3 is 0 Å². The summed E-state index contributed by atoms with van der Waals surface area (Å²) in [6, 6.07) is 0.258. The summed E-state index contributed by atoms with van der Waals surface area (Å²) in [4.78, 5) is 15.4. The lowest BCUT2D eigenvalue weighted by Crippen LogP contribution is -2.47. The number of aromatic nitrogens is 3. The molecular formula is C19H28N4O2. The number of carbonyl (C=O) groups excluding carboxylic acids is 1. The topological polar surface area (TPSA) is 71.2 Å². The summed E-state index contributed by atoms with van der Waals surface area (Å²) in [5.74, 6) is 0.909. The Morgan fingerprint density at radius 1 is 1.36 bits per heavy atom. The highest BCUT2D eigenvalue weighted by molar-refractivity contribution is 5.87. The molecule has 3 fully saturated rings. The number of carbonyl (C=O) groups is 1. The van der Waals surface area contributed by atoms with E-state index in [0.717, 1.165) is 50.8 Å². The summed E-state index contributed by atoms with van der Waals surface area (Å²) in [7, 11) is 0. The maximum atomic E-state index is 13.4. The van der Waals surface area contributed by atoms with Gasteiger partial charge in [-0.25, -0.2) is 4.68 Å². The molecule has 1 aromatic rings. The molecule has 0 radical (unpaired) electrons. The monoisotopic (exact) mass is 344 g/mol. The summed E-state index contributed by atoms with van der Waals surface area (Å²) < 4.78 is 1.84. The van der Waals surface area contributed by atoms with Crippen LogP contribution in [0.1, 0.15) is 57.7 Å². The predicted octanol–water partition coefficient (Wildman–Crippen LogP) is 2.32. The van der Waals surface area contributed by atoms with Gasteiger partial charge in [-0.1, -0.05) is 31.2 Å². The van der Waals surface area contributed by atoms with Crippen molar-refractivity contribution in [3.8, 4) is 0 Å². The lowest BCUT2D eigenvalue weighted by molar-refractivity contribution is -0.141. The summed E-state index contributed by atoms with van der Waals surface area (Å²) >= 11 is 0. The molecule has 1 aromatic heterocycles. The second-order valence-electron chi connectivity index (χ2n) is 8.59. The van der Waals surface area contributed by atoms with Gasteiger partial charge in [0.05, 0.1) is 24.3 Å². The minimum Gasteiger partial charge on any atom is -0.390 e. The molecule has 2 saturated carbocycles. The molecule has 0 aromatic carbocycles. The number of piperidine rings is 1. The van der Waals surface area contributed by atoms with E-state index >= 15 is 0 Å². The molecule has 6 nitrogen and oxygen atoms in total. The van der Waals surface area contributed by atoms with E-state index in [1.54, 1.807) is 0 Å². The fraction of sp³-hybridized carbons (Fsp3) is 0.737. The van der Waals surface area contributed by atoms with Crippen LogP contribution >= 0.6 is 0 Å². The van der Waals surface area contributed by atoms with E-state index in [-0.39, 0.29) is 23.5 Å². The van der Waals surface area contributed by atoms with E-state index in [1.807, 2.05) is 10.9 Å². The van der Waals surface area contributed by atoms with E-state index in [2.05, 4.69) is 35.6 Å². The Balaban J connectivity index is 1.44. The third kappa shape index (κ3) is 2.37. The second kappa shape index (κ2) is 5.66. The van der Waals surface area contributed by atoms with Crippen molar-refractivity contribution < 1.29 is 9.90 Å². The van der Waals surface area contributed by atoms with Gasteiger partial charge < -0.3 is 10.0 Å². The van der Waals surface area contributed by atoms with Gasteiger partial charge in [0.25, 0.3) is 0 Å². The van der Waals surface area contributed by atoms with E-state index in [4.69, 9.17) is 5.11 Å². The fourth-order valence-corrected chi connectivity index (χ4v) is 5.32. The molecule has 136 valence electrons. The van der Waals surface area contributed by atoms with Crippen molar-refractivity contribution >= 4 is 5.91 Å². The van der Waals surface area contributed by atoms with Gasteiger partial charge in [0, 0.05) is 13.1 Å². The molecule has 1 saturated heterocycles. The van der Waals surface area contributed by atoms with Crippen molar-refractivity contribution in [2.75, 3.05) is 13.1 Å². The molecular weight excluding hydrogens is 316 g/mol. The predicted molar refractivity (Wildman–Crippen MR) is 93.5 cm³/mol. The summed E-state index contributed by atoms with van der Waals surface area (Å²) in [6.07, 6.45) is 6.69. The zero-order valence-electron chi connectivity index (χ0n) is 15.2. The molecule has 6 heteroatoms. The third-order valence-corrected chi connectivity index (χ3v) is 7.15. The average Bonchev–Trinajstić information content (AvgIpc) is 3.31. The van der Waals surface area contributed by atoms with Gasteiger partial charge in [-0.05, 0) is 43.4 Å². The Morgan fingerprint density at radius 3 is 2.64 bits per heavy atom. The lowest BCUT2D eigenvalue weighted by atomic mass is 9.68. The van der Waals surface area contributed by atoms with Crippen molar-refractivity contribution in [1.29, 1.82) is 0 Å². The first-order valence-corrected chi connectivity index (χ1v) is 9.39. The first-order chi connectivity index (χ1) is 11.9. The number of hydrogen-bond acceptors (Lipinski definition) is 4. The summed E-state index contributed by atoms with van der Waals surface area (Å²) in [6.45, 7) is 10.3. The normalized spacial score (nSPS) is 31.7. The number of aliphatic hydroxyl groups is 1. The number of fused-ring (bicyclic) bond motifs is 2. The van der Waals surface area contributed by atoms with Crippen LogP contribution in [-0.2, 0) is 11.4 Å². The standard InChI is InChI=1S/C19H28N4O2/c1-13-18(2,3)14-4-7-19(13,10-14)17(25)22-8-5-16(6-9-22)23-11-15(12-24)20-21-23/h11,14,16,24H,1,4-10,12H2,2-3H3/t14-,19-/m0/s1. The average molecular weight is 344 g/mol. The number of aliphatic hydroxyl groups excluding tert-OH is 1. The van der Waals surface area contributed by atoms with Crippen LogP contribution in [0, 0.1) is 16.7 Å². The van der Waals surface area contributed by atoms with Gasteiger partial charge in [-0.2, -0.15) is 0 Å². The minimum atomic E-state index is -0.307. The third-order valence-electron chi connectivity index (χ3n) is 7.15. The minimum absolute atomic E-state index is 0.0844. The molecule has 1 amide bonds. The molecule has 0 spiro atoms. The van der Waals surface area contributed by atoms with Crippen LogP contribution in [0.4, 0.5) is 0 Å². The highest BCUT2D eigenvalue weighted by Gasteiger charge is 2.61. The Morgan fingerprint density at radius 2 is 2.08 bits per heavy atom. The van der Waals surface area contributed by atoms with Crippen molar-refractivity contribution in [3.05, 3.63) is 24.0 Å². The van der Waals surface area contributed by atoms with Crippen LogP contribution in [0.25, 0.3) is 0 Å². The zero-order valence-corrected chi connectivity index (χ0v) is 15.2. The molecule has 2 atom stereocenters. The Labute approximate surface area is 148 Å². The molecule has 1 aliphatic heterocycles. The smallest absolute Gasteiger partial charge is 0.232 e. The number of hydrogen-bond donors (Lipinski definition) is 1. The highest BCUT2D eigenvalue weighted by Crippen LogP contribution is 2.66. The molecule has 25 heavy (non-hydrogen) atoms. The molecule has 2 aliphatic carbocycles. The van der Waals surface area contributed by atoms with Crippen LogP contribution in [0.3, 0.4) is 0 Å². The van der Waals surface area contributed by atoms with Crippen LogP contribution in [0.15, 0.2) is 18.3 Å². The van der Waals surface area contributed by atoms with Crippen LogP contribution in [0.5, 0.6) is 0 Å². The SMILES string of the molecule is C=C1C(C)(C)[C@H]2CC[C@]1(C(=O)N1CCC(n3cc(CO)nn3)CC1)C2. The van der Waals surface area contributed by atoms with E-state index in [9.17, 15) is 4.79 Å². The van der Waals surface area contributed by atoms with Crippen LogP contribution in [-0.4, -0.2) is 44.0 Å². The molecule has 2 heterocycles. The number of likely N-dealkylation sites (tertiary alicyclic amines) is 1. The van der Waals surface area contributed by atoms with E-state index in [1.165, 1.54) is 0 Å². The van der Waals surface area contributed by atoms with Crippen molar-refractivity contribution in [3.63, 3.8) is 0 Å². The Hall–Kier alpha value is -1.69. The van der Waals surface area contributed by atoms with Gasteiger partial charge in [-0.3, -0.25) is 4.79 Å². The van der Waals surface area contributed by atoms with Gasteiger partial charge in [0.2, 0.25) is 5.91 Å². The number of nitrogens with zero attached hydrogens (tertiary/aromatic N) is 4. The van der Waals surface area contributed by atoms with Crippen molar-refractivity contribution in [2.45, 2.75) is 58.6 Å². The second-order valence-corrected chi connectivity index (χ2v) is 8.59. The summed E-state index contributed by atoms with van der Waals surface area (Å²) in [5, 5.41) is 17.2. The van der Waals surface area contributed by atoms with Crippen LogP contribution in [0.2, 0.25) is 0 Å². The molecule has 4 rings (SSSR count). The number of amides is 1. The fourth-order valence-electron chi connectivity index (χ4n) is 5.32. The maximum absolute atomic E-state index is 13.4. The van der Waals surface area contributed by atoms with Crippen molar-refractivity contribution in [2.24, 2.45) is 16.7 Å². The molecule has 0 unspecified atom stereocenters. The largest absolute Gasteiger partial charge is 0.390 e. The lowest BCUT2D eigenvalue weighted by Gasteiger charge is -2.41. The number of rotatable bonds is 3. The Kier molecular flexibility index (Phi) is 3.79. The van der Waals surface area contributed by atoms with Gasteiger partial charge in [0.15, 0.2) is 0 Å². The maximum Gasteiger partial charge on any atom is 0.232 e. The molecule has 2 bridgehead atoms. The van der Waals surface area contributed by atoms with E-state index in [0.29, 0.717) is 17.5 Å². The quantitative estimate of drug-likeness (QED) is 0.854. The summed E-state index contributed by atoms with van der Waals surface area (Å²) in [5.41, 5.74) is 1.54. The van der Waals surface area contributed by atoms with E-state index < -0.39 is 0 Å². The van der Waals surface area contributed by atoms with Gasteiger partial charge in [-0.15, -0.1) is 5.10 Å². The molecule has 3 aliphatic rings. The Bertz CT molecular complexity index is 702. The van der Waals surface area contributed by atoms with Crippen molar-refractivity contribution in [1.82, 2.24) is 19.9 Å². The highest BCUT2D eigenvalue weighted by atomic mass is 16.3.